The fourth-order valence-corrected chi connectivity index (χ4v) is 3.62. The van der Waals surface area contributed by atoms with Crippen LogP contribution in [0.15, 0.2) is 36.8 Å². The molecule has 0 saturated carbocycles. The Morgan fingerprint density at radius 2 is 2.00 bits per heavy atom. The Morgan fingerprint density at radius 3 is 2.73 bits per heavy atom. The molecular formula is C25H29N5O3. The summed E-state index contributed by atoms with van der Waals surface area (Å²) in [6.07, 6.45) is 6.69. The standard InChI is InChI=1S/C25H29N5O3/c1-14(2)29-23(31)19-12-26-22-21(19)30-20(13-27-22)33-17-9-8-15-6-7-16(18(15)10-17)11-28-24(32)25(3,4)5/h8-14H,6-7H2,1-5H3,(H,26,27)(H,28,32)(H,29,31)/b16-11-. The number of allylic oxidation sites excluding steroid dienone is 1. The molecule has 1 aromatic carbocycles. The van der Waals surface area contributed by atoms with Crippen LogP contribution in [0, 0.1) is 5.41 Å². The number of carbonyl (C=O) groups is 2. The van der Waals surface area contributed by atoms with Gasteiger partial charge < -0.3 is 20.4 Å². The molecule has 0 fully saturated rings. The molecule has 2 amide bonds. The molecule has 3 aromatic rings. The number of aromatic amines is 1. The Balaban J connectivity index is 1.57. The molecule has 8 nitrogen and oxygen atoms in total. The topological polar surface area (TPSA) is 109 Å². The molecule has 33 heavy (non-hydrogen) atoms. The van der Waals surface area contributed by atoms with Crippen molar-refractivity contribution in [2.45, 2.75) is 53.5 Å². The zero-order valence-corrected chi connectivity index (χ0v) is 19.6. The molecule has 0 unspecified atom stereocenters. The molecule has 4 rings (SSSR count). The summed E-state index contributed by atoms with van der Waals surface area (Å²) in [5.41, 5.74) is 4.26. The summed E-state index contributed by atoms with van der Waals surface area (Å²) in [4.78, 5) is 36.5. The van der Waals surface area contributed by atoms with E-state index in [1.807, 2.05) is 52.8 Å². The first-order chi connectivity index (χ1) is 15.6. The largest absolute Gasteiger partial charge is 0.437 e. The van der Waals surface area contributed by atoms with Crippen molar-refractivity contribution in [1.29, 1.82) is 0 Å². The lowest BCUT2D eigenvalue weighted by Gasteiger charge is -2.16. The number of rotatable bonds is 5. The highest BCUT2D eigenvalue weighted by atomic mass is 16.5. The van der Waals surface area contributed by atoms with Gasteiger partial charge in [0.2, 0.25) is 11.8 Å². The highest BCUT2D eigenvalue weighted by molar-refractivity contribution is 6.04. The molecule has 0 radical (unpaired) electrons. The van der Waals surface area contributed by atoms with Crippen molar-refractivity contribution in [2.75, 3.05) is 0 Å². The number of H-pyrrole nitrogens is 1. The number of nitrogens with zero attached hydrogens (tertiary/aromatic N) is 2. The molecule has 0 atom stereocenters. The average molecular weight is 448 g/mol. The third-order valence-electron chi connectivity index (χ3n) is 5.40. The van der Waals surface area contributed by atoms with Gasteiger partial charge in [0.05, 0.1) is 11.8 Å². The van der Waals surface area contributed by atoms with E-state index < -0.39 is 5.41 Å². The van der Waals surface area contributed by atoms with Gasteiger partial charge in [-0.05, 0) is 55.5 Å². The van der Waals surface area contributed by atoms with Crippen LogP contribution in [-0.4, -0.2) is 32.8 Å². The Bertz CT molecular complexity index is 1250. The van der Waals surface area contributed by atoms with Gasteiger partial charge in [0.1, 0.15) is 11.3 Å². The lowest BCUT2D eigenvalue weighted by molar-refractivity contribution is -0.127. The van der Waals surface area contributed by atoms with Gasteiger partial charge in [0, 0.05) is 23.9 Å². The Labute approximate surface area is 192 Å². The number of aromatic nitrogens is 3. The van der Waals surface area contributed by atoms with Crippen molar-refractivity contribution in [1.82, 2.24) is 25.6 Å². The molecule has 1 aliphatic carbocycles. The first kappa shape index (κ1) is 22.5. The van der Waals surface area contributed by atoms with Gasteiger partial charge in [-0.2, -0.15) is 0 Å². The third-order valence-corrected chi connectivity index (χ3v) is 5.40. The number of aryl methyl sites for hydroxylation is 1. The van der Waals surface area contributed by atoms with Gasteiger partial charge in [-0.3, -0.25) is 9.59 Å². The van der Waals surface area contributed by atoms with Crippen molar-refractivity contribution < 1.29 is 14.3 Å². The highest BCUT2D eigenvalue weighted by Crippen LogP contribution is 2.35. The maximum Gasteiger partial charge on any atom is 0.255 e. The van der Waals surface area contributed by atoms with E-state index in [2.05, 4.69) is 25.6 Å². The minimum Gasteiger partial charge on any atom is -0.437 e. The molecule has 3 N–H and O–H groups in total. The van der Waals surface area contributed by atoms with E-state index in [-0.39, 0.29) is 17.9 Å². The van der Waals surface area contributed by atoms with Crippen LogP contribution in [0.3, 0.4) is 0 Å². The van der Waals surface area contributed by atoms with E-state index >= 15 is 0 Å². The van der Waals surface area contributed by atoms with Crippen LogP contribution in [0.1, 0.15) is 62.5 Å². The minimum atomic E-state index is -0.454. The summed E-state index contributed by atoms with van der Waals surface area (Å²) in [6.45, 7) is 9.46. The van der Waals surface area contributed by atoms with Crippen molar-refractivity contribution in [3.8, 4) is 11.6 Å². The summed E-state index contributed by atoms with van der Waals surface area (Å²) in [5.74, 6) is 0.668. The highest BCUT2D eigenvalue weighted by Gasteiger charge is 2.22. The van der Waals surface area contributed by atoms with E-state index in [0.29, 0.717) is 28.4 Å². The zero-order valence-electron chi connectivity index (χ0n) is 19.6. The maximum atomic E-state index is 12.5. The lowest BCUT2D eigenvalue weighted by Crippen LogP contribution is -2.31. The SMILES string of the molecule is CC(C)NC(=O)c1c[nH]c2ncc(Oc3ccc4c(c3)/C(=C\NC(=O)C(C)(C)C)CC4)nc12. The molecule has 2 heterocycles. The predicted molar refractivity (Wildman–Crippen MR) is 127 cm³/mol. The molecule has 172 valence electrons. The van der Waals surface area contributed by atoms with E-state index in [1.54, 1.807) is 12.4 Å². The first-order valence-electron chi connectivity index (χ1n) is 11.1. The number of carbonyl (C=O) groups excluding carboxylic acids is 2. The van der Waals surface area contributed by atoms with Gasteiger partial charge in [-0.1, -0.05) is 26.8 Å². The second kappa shape index (κ2) is 8.69. The van der Waals surface area contributed by atoms with Crippen LogP contribution >= 0.6 is 0 Å². The maximum absolute atomic E-state index is 12.5. The lowest BCUT2D eigenvalue weighted by atomic mass is 9.96. The molecular weight excluding hydrogens is 418 g/mol. The number of fused-ring (bicyclic) bond motifs is 2. The molecule has 1 aliphatic rings. The van der Waals surface area contributed by atoms with E-state index in [4.69, 9.17) is 4.74 Å². The van der Waals surface area contributed by atoms with Gasteiger partial charge in [0.15, 0.2) is 5.65 Å². The van der Waals surface area contributed by atoms with Crippen molar-refractivity contribution in [3.05, 3.63) is 53.5 Å². The minimum absolute atomic E-state index is 0.0108. The van der Waals surface area contributed by atoms with Crippen molar-refractivity contribution >= 4 is 28.6 Å². The van der Waals surface area contributed by atoms with Crippen molar-refractivity contribution in [2.24, 2.45) is 5.41 Å². The summed E-state index contributed by atoms with van der Waals surface area (Å²) in [6, 6.07) is 5.88. The predicted octanol–water partition coefficient (Wildman–Crippen LogP) is 4.34. The second-order valence-electron chi connectivity index (χ2n) is 9.55. The Morgan fingerprint density at radius 1 is 1.21 bits per heavy atom. The van der Waals surface area contributed by atoms with Crippen LogP contribution in [0.25, 0.3) is 16.7 Å². The normalized spacial score (nSPS) is 14.5. The fourth-order valence-electron chi connectivity index (χ4n) is 3.62. The van der Waals surface area contributed by atoms with Gasteiger partial charge in [0.25, 0.3) is 5.91 Å². The molecule has 0 bridgehead atoms. The molecule has 0 aliphatic heterocycles. The van der Waals surface area contributed by atoms with Crippen LogP contribution in [-0.2, 0) is 11.2 Å². The van der Waals surface area contributed by atoms with Crippen LogP contribution in [0.5, 0.6) is 11.6 Å². The van der Waals surface area contributed by atoms with E-state index in [0.717, 1.165) is 24.0 Å². The quantitative estimate of drug-likeness (QED) is 0.539. The number of amides is 2. The number of hydrogen-bond acceptors (Lipinski definition) is 5. The number of hydrogen-bond donors (Lipinski definition) is 3. The fraction of sp³-hybridized carbons (Fsp3) is 0.360. The third kappa shape index (κ3) is 4.89. The van der Waals surface area contributed by atoms with E-state index in [9.17, 15) is 9.59 Å². The van der Waals surface area contributed by atoms with Crippen LogP contribution in [0.2, 0.25) is 0 Å². The molecule has 0 saturated heterocycles. The number of ether oxygens (including phenoxy) is 1. The zero-order chi connectivity index (χ0) is 23.8. The monoisotopic (exact) mass is 447 g/mol. The van der Waals surface area contributed by atoms with Crippen LogP contribution < -0.4 is 15.4 Å². The number of nitrogens with one attached hydrogen (secondary N) is 3. The van der Waals surface area contributed by atoms with Gasteiger partial charge in [-0.15, -0.1) is 0 Å². The Kier molecular flexibility index (Phi) is 5.93. The van der Waals surface area contributed by atoms with Crippen molar-refractivity contribution in [3.63, 3.8) is 0 Å². The second-order valence-corrected chi connectivity index (χ2v) is 9.55. The van der Waals surface area contributed by atoms with Gasteiger partial charge >= 0.3 is 0 Å². The summed E-state index contributed by atoms with van der Waals surface area (Å²) in [5, 5.41) is 5.78. The van der Waals surface area contributed by atoms with E-state index in [1.165, 1.54) is 11.8 Å². The summed E-state index contributed by atoms with van der Waals surface area (Å²) in [7, 11) is 0. The van der Waals surface area contributed by atoms with Gasteiger partial charge in [-0.25, -0.2) is 9.97 Å². The number of benzene rings is 1. The molecule has 8 heteroatoms. The molecule has 2 aromatic heterocycles. The average Bonchev–Trinajstić information content (AvgIpc) is 3.34. The Hall–Kier alpha value is -3.68. The van der Waals surface area contributed by atoms with Crippen LogP contribution in [0.4, 0.5) is 0 Å². The summed E-state index contributed by atoms with van der Waals surface area (Å²) < 4.78 is 5.99. The first-order valence-corrected chi connectivity index (χ1v) is 11.1. The summed E-state index contributed by atoms with van der Waals surface area (Å²) >= 11 is 0. The molecule has 0 spiro atoms. The smallest absolute Gasteiger partial charge is 0.255 e.